The zero-order valence-electron chi connectivity index (χ0n) is 14.1. The second-order valence-electron chi connectivity index (χ2n) is 6.13. The maximum Gasteiger partial charge on any atom is 0.231 e. The summed E-state index contributed by atoms with van der Waals surface area (Å²) in [7, 11) is 3.73. The number of hydrogen-bond donors (Lipinski definition) is 0. The minimum Gasteiger partial charge on any atom is -0.492 e. The normalized spacial score (nSPS) is 18.3. The van der Waals surface area contributed by atoms with E-state index >= 15 is 0 Å². The zero-order valence-corrected chi connectivity index (χ0v) is 14.9. The molecule has 0 aliphatic carbocycles. The van der Waals surface area contributed by atoms with Gasteiger partial charge in [-0.15, -0.1) is 0 Å². The molecule has 25 heavy (non-hydrogen) atoms. The summed E-state index contributed by atoms with van der Waals surface area (Å²) in [5, 5.41) is 0.685. The summed E-state index contributed by atoms with van der Waals surface area (Å²) in [5.74, 6) is 8.77. The molecule has 2 aliphatic rings. The summed E-state index contributed by atoms with van der Waals surface area (Å²) in [6.07, 6.45) is 0.925. The average Bonchev–Trinajstić information content (AvgIpc) is 3.07. The molecule has 0 saturated carbocycles. The molecule has 2 aromatic carbocycles. The molecule has 128 valence electrons. The summed E-state index contributed by atoms with van der Waals surface area (Å²) in [5.41, 5.74) is 3.16. The Kier molecular flexibility index (Phi) is 4.20. The minimum absolute atomic E-state index is 0.0767. The number of halogens is 1. The molecule has 0 radical (unpaired) electrons. The first-order chi connectivity index (χ1) is 12.2. The van der Waals surface area contributed by atoms with Crippen molar-refractivity contribution >= 4 is 11.6 Å². The number of hydrogen-bond acceptors (Lipinski definition) is 4. The largest absolute Gasteiger partial charge is 0.492 e. The molecule has 0 bridgehead atoms. The number of ether oxygens (including phenoxy) is 3. The summed E-state index contributed by atoms with van der Waals surface area (Å²) >= 11 is 6.06. The molecule has 1 unspecified atom stereocenters. The Hall–Kier alpha value is -2.35. The van der Waals surface area contributed by atoms with Crippen LogP contribution in [0.5, 0.6) is 17.2 Å². The quantitative estimate of drug-likeness (QED) is 0.730. The van der Waals surface area contributed by atoms with Gasteiger partial charge in [-0.1, -0.05) is 29.5 Å². The second kappa shape index (κ2) is 6.51. The van der Waals surface area contributed by atoms with Crippen molar-refractivity contribution in [3.63, 3.8) is 0 Å². The van der Waals surface area contributed by atoms with Gasteiger partial charge in [-0.2, -0.15) is 0 Å². The lowest BCUT2D eigenvalue weighted by atomic mass is 9.91. The van der Waals surface area contributed by atoms with E-state index in [0.717, 1.165) is 35.6 Å². The van der Waals surface area contributed by atoms with Crippen molar-refractivity contribution in [1.29, 1.82) is 0 Å². The molecule has 1 atom stereocenters. The van der Waals surface area contributed by atoms with Gasteiger partial charge in [-0.25, -0.2) is 0 Å². The Morgan fingerprint density at radius 2 is 2.16 bits per heavy atom. The van der Waals surface area contributed by atoms with Gasteiger partial charge in [-0.3, -0.25) is 4.90 Å². The molecule has 0 saturated heterocycles. The Balaban J connectivity index is 1.81. The van der Waals surface area contributed by atoms with Gasteiger partial charge in [0.2, 0.25) is 12.5 Å². The van der Waals surface area contributed by atoms with Gasteiger partial charge in [0.25, 0.3) is 0 Å². The van der Waals surface area contributed by atoms with Crippen molar-refractivity contribution in [2.24, 2.45) is 0 Å². The van der Waals surface area contributed by atoms with Gasteiger partial charge in [0.1, 0.15) is 6.04 Å². The van der Waals surface area contributed by atoms with E-state index in [9.17, 15) is 0 Å². The molecule has 5 heteroatoms. The van der Waals surface area contributed by atoms with Crippen molar-refractivity contribution < 1.29 is 14.2 Å². The third-order valence-electron chi connectivity index (χ3n) is 4.57. The van der Waals surface area contributed by atoms with Crippen LogP contribution in [0.2, 0.25) is 5.02 Å². The predicted molar refractivity (Wildman–Crippen MR) is 96.5 cm³/mol. The monoisotopic (exact) mass is 355 g/mol. The molecule has 4 rings (SSSR count). The van der Waals surface area contributed by atoms with E-state index in [1.54, 1.807) is 7.11 Å². The van der Waals surface area contributed by atoms with Crippen molar-refractivity contribution in [3.8, 4) is 29.1 Å². The van der Waals surface area contributed by atoms with Crippen molar-refractivity contribution in [2.45, 2.75) is 12.5 Å². The molecular weight excluding hydrogens is 338 g/mol. The fourth-order valence-electron chi connectivity index (χ4n) is 3.33. The number of benzene rings is 2. The van der Waals surface area contributed by atoms with Crippen LogP contribution in [-0.2, 0) is 6.42 Å². The summed E-state index contributed by atoms with van der Waals surface area (Å²) in [4.78, 5) is 2.23. The summed E-state index contributed by atoms with van der Waals surface area (Å²) in [6, 6.07) is 9.56. The molecule has 0 N–H and O–H groups in total. The maximum atomic E-state index is 6.06. The van der Waals surface area contributed by atoms with Gasteiger partial charge in [0, 0.05) is 22.7 Å². The lowest BCUT2D eigenvalue weighted by Crippen LogP contribution is -2.31. The number of likely N-dealkylation sites (N-methyl/N-ethyl adjacent to an activating group) is 1. The van der Waals surface area contributed by atoms with E-state index in [1.807, 2.05) is 24.3 Å². The summed E-state index contributed by atoms with van der Waals surface area (Å²) in [6.45, 7) is 1.15. The highest BCUT2D eigenvalue weighted by Crippen LogP contribution is 2.49. The molecule has 2 aromatic rings. The fourth-order valence-corrected chi connectivity index (χ4v) is 3.52. The van der Waals surface area contributed by atoms with Crippen LogP contribution >= 0.6 is 11.6 Å². The highest BCUT2D eigenvalue weighted by Gasteiger charge is 2.33. The number of nitrogens with zero attached hydrogens (tertiary/aromatic N) is 1. The van der Waals surface area contributed by atoms with Crippen LogP contribution in [0.3, 0.4) is 0 Å². The Morgan fingerprint density at radius 1 is 1.28 bits per heavy atom. The van der Waals surface area contributed by atoms with Crippen LogP contribution in [0, 0.1) is 11.8 Å². The van der Waals surface area contributed by atoms with E-state index in [1.165, 1.54) is 5.56 Å². The Bertz CT molecular complexity index is 884. The van der Waals surface area contributed by atoms with E-state index in [2.05, 4.69) is 29.9 Å². The van der Waals surface area contributed by atoms with E-state index in [4.69, 9.17) is 25.8 Å². The van der Waals surface area contributed by atoms with Crippen LogP contribution in [-0.4, -0.2) is 32.4 Å². The standard InChI is InChI=1S/C20H18ClNO3/c1-22-9-8-14-11-17-19(25-12-24-17)20(23-2)18(14)16(22)7-6-13-4-3-5-15(21)10-13/h3-5,10-11,16H,8-9,12H2,1-2H3. The number of fused-ring (bicyclic) bond motifs is 2. The van der Waals surface area contributed by atoms with Crippen molar-refractivity contribution in [2.75, 3.05) is 27.5 Å². The first-order valence-electron chi connectivity index (χ1n) is 8.14. The Morgan fingerprint density at radius 3 is 2.96 bits per heavy atom. The van der Waals surface area contributed by atoms with Crippen LogP contribution in [0.1, 0.15) is 22.7 Å². The second-order valence-corrected chi connectivity index (χ2v) is 6.57. The van der Waals surface area contributed by atoms with Crippen molar-refractivity contribution in [3.05, 3.63) is 52.0 Å². The molecule has 0 amide bonds. The van der Waals surface area contributed by atoms with Crippen LogP contribution in [0.25, 0.3) is 0 Å². The zero-order chi connectivity index (χ0) is 17.4. The third-order valence-corrected chi connectivity index (χ3v) is 4.81. The maximum absolute atomic E-state index is 6.06. The van der Waals surface area contributed by atoms with E-state index in [-0.39, 0.29) is 12.8 Å². The van der Waals surface area contributed by atoms with Crippen LogP contribution < -0.4 is 14.2 Å². The van der Waals surface area contributed by atoms with E-state index in [0.29, 0.717) is 10.8 Å². The smallest absolute Gasteiger partial charge is 0.231 e. The van der Waals surface area contributed by atoms with Gasteiger partial charge in [-0.05, 0) is 43.3 Å². The fraction of sp³-hybridized carbons (Fsp3) is 0.300. The SMILES string of the molecule is COc1c2c(cc3c1C(C#Cc1cccc(Cl)c1)N(C)CC3)OCO2. The first kappa shape index (κ1) is 16.1. The van der Waals surface area contributed by atoms with Gasteiger partial charge in [0.15, 0.2) is 11.5 Å². The lowest BCUT2D eigenvalue weighted by Gasteiger charge is -2.32. The van der Waals surface area contributed by atoms with Crippen molar-refractivity contribution in [1.82, 2.24) is 4.90 Å². The average molecular weight is 356 g/mol. The molecule has 0 aromatic heterocycles. The Labute approximate surface area is 152 Å². The molecule has 0 spiro atoms. The third kappa shape index (κ3) is 2.90. The van der Waals surface area contributed by atoms with Crippen LogP contribution in [0.15, 0.2) is 30.3 Å². The number of methoxy groups -OCH3 is 1. The van der Waals surface area contributed by atoms with Gasteiger partial charge < -0.3 is 14.2 Å². The first-order valence-corrected chi connectivity index (χ1v) is 8.52. The van der Waals surface area contributed by atoms with Gasteiger partial charge in [0.05, 0.1) is 7.11 Å². The lowest BCUT2D eigenvalue weighted by molar-refractivity contribution is 0.171. The number of rotatable bonds is 1. The minimum atomic E-state index is -0.0767. The molecular formula is C20H18ClNO3. The molecule has 4 nitrogen and oxygen atoms in total. The van der Waals surface area contributed by atoms with Gasteiger partial charge >= 0.3 is 0 Å². The topological polar surface area (TPSA) is 30.9 Å². The predicted octanol–water partition coefficient (Wildman–Crippen LogP) is 3.66. The summed E-state index contributed by atoms with van der Waals surface area (Å²) < 4.78 is 16.8. The highest BCUT2D eigenvalue weighted by atomic mass is 35.5. The van der Waals surface area contributed by atoms with Crippen LogP contribution in [0.4, 0.5) is 0 Å². The van der Waals surface area contributed by atoms with E-state index < -0.39 is 0 Å². The molecule has 2 heterocycles. The molecule has 0 fully saturated rings. The highest BCUT2D eigenvalue weighted by molar-refractivity contribution is 6.30. The molecule has 2 aliphatic heterocycles.